The number of hydrogen-bond donors (Lipinski definition) is 1. The van der Waals surface area contributed by atoms with Crippen LogP contribution in [0.2, 0.25) is 0 Å². The molecule has 0 saturated heterocycles. The third-order valence-corrected chi connectivity index (χ3v) is 3.91. The zero-order chi connectivity index (χ0) is 14.5. The number of furan rings is 1. The van der Waals surface area contributed by atoms with Crippen LogP contribution in [0, 0.1) is 0 Å². The Morgan fingerprint density at radius 3 is 2.35 bits per heavy atom. The fourth-order valence-electron chi connectivity index (χ4n) is 2.65. The van der Waals surface area contributed by atoms with E-state index < -0.39 is 0 Å². The van der Waals surface area contributed by atoms with E-state index in [0.29, 0.717) is 0 Å². The third kappa shape index (κ3) is 2.96. The minimum Gasteiger partial charge on any atom is -0.464 e. The zero-order valence-electron chi connectivity index (χ0n) is 13.0. The molecule has 2 nitrogen and oxygen atoms in total. The second kappa shape index (κ2) is 6.76. The Hall–Kier alpha value is -1.54. The summed E-state index contributed by atoms with van der Waals surface area (Å²) in [5.74, 6) is 2.05. The van der Waals surface area contributed by atoms with E-state index in [1.54, 1.807) is 0 Å². The molecule has 1 heterocycles. The van der Waals surface area contributed by atoms with Gasteiger partial charge in [-0.2, -0.15) is 0 Å². The molecule has 1 aromatic carbocycles. The molecule has 2 rings (SSSR count). The highest BCUT2D eigenvalue weighted by molar-refractivity contribution is 5.38. The van der Waals surface area contributed by atoms with Gasteiger partial charge in [-0.25, -0.2) is 0 Å². The van der Waals surface area contributed by atoms with Crippen LogP contribution in [0.25, 0.3) is 0 Å². The van der Waals surface area contributed by atoms with Crippen molar-refractivity contribution in [3.05, 3.63) is 58.5 Å². The van der Waals surface area contributed by atoms with Crippen molar-refractivity contribution in [3.8, 4) is 0 Å². The van der Waals surface area contributed by atoms with Gasteiger partial charge in [0.25, 0.3) is 0 Å². The van der Waals surface area contributed by atoms with Crippen LogP contribution in [-0.2, 0) is 19.3 Å². The number of benzene rings is 1. The number of aryl methyl sites for hydroxylation is 3. The summed E-state index contributed by atoms with van der Waals surface area (Å²) in [6.07, 6.45) is 3.04. The van der Waals surface area contributed by atoms with Gasteiger partial charge in [-0.05, 0) is 48.7 Å². The monoisotopic (exact) mass is 271 g/mol. The predicted octanol–water partition coefficient (Wildman–Crippen LogP) is 4.28. The SMILES string of the molecule is CCc1ccc(CC)c(C(NC)c2ccc(CC)o2)c1. The highest BCUT2D eigenvalue weighted by Crippen LogP contribution is 2.28. The highest BCUT2D eigenvalue weighted by atomic mass is 16.3. The molecular formula is C18H25NO. The summed E-state index contributed by atoms with van der Waals surface area (Å²) in [7, 11) is 2.00. The molecule has 1 unspecified atom stereocenters. The molecule has 0 fully saturated rings. The summed E-state index contributed by atoms with van der Waals surface area (Å²) in [5, 5.41) is 3.40. The molecule has 0 saturated carbocycles. The number of nitrogens with one attached hydrogen (secondary N) is 1. The van der Waals surface area contributed by atoms with Crippen molar-refractivity contribution < 1.29 is 4.42 Å². The van der Waals surface area contributed by atoms with Crippen molar-refractivity contribution in [3.63, 3.8) is 0 Å². The Labute approximate surface area is 122 Å². The van der Waals surface area contributed by atoms with Crippen molar-refractivity contribution >= 4 is 0 Å². The zero-order valence-corrected chi connectivity index (χ0v) is 13.0. The smallest absolute Gasteiger partial charge is 0.125 e. The first-order chi connectivity index (χ1) is 9.73. The van der Waals surface area contributed by atoms with Gasteiger partial charge in [-0.15, -0.1) is 0 Å². The second-order valence-corrected chi connectivity index (χ2v) is 5.12. The maximum absolute atomic E-state index is 5.95. The Morgan fingerprint density at radius 1 is 1.00 bits per heavy atom. The van der Waals surface area contributed by atoms with Crippen LogP contribution in [0.15, 0.2) is 34.7 Å². The van der Waals surface area contributed by atoms with Crippen molar-refractivity contribution in [1.29, 1.82) is 0 Å². The molecule has 0 spiro atoms. The fraction of sp³-hybridized carbons (Fsp3) is 0.444. The van der Waals surface area contributed by atoms with Gasteiger partial charge in [0, 0.05) is 6.42 Å². The van der Waals surface area contributed by atoms with E-state index in [1.807, 2.05) is 7.05 Å². The quantitative estimate of drug-likeness (QED) is 0.848. The number of hydrogen-bond acceptors (Lipinski definition) is 2. The molecule has 1 atom stereocenters. The van der Waals surface area contributed by atoms with Crippen LogP contribution in [-0.4, -0.2) is 7.05 Å². The molecule has 0 aliphatic carbocycles. The van der Waals surface area contributed by atoms with Crippen molar-refractivity contribution in [2.45, 2.75) is 46.1 Å². The first-order valence-corrected chi connectivity index (χ1v) is 7.60. The molecule has 20 heavy (non-hydrogen) atoms. The van der Waals surface area contributed by atoms with Gasteiger partial charge < -0.3 is 9.73 Å². The predicted molar refractivity (Wildman–Crippen MR) is 84.2 cm³/mol. The van der Waals surface area contributed by atoms with Crippen LogP contribution in [0.3, 0.4) is 0 Å². The van der Waals surface area contributed by atoms with Crippen LogP contribution in [0.4, 0.5) is 0 Å². The van der Waals surface area contributed by atoms with Gasteiger partial charge in [0.15, 0.2) is 0 Å². The van der Waals surface area contributed by atoms with E-state index in [2.05, 4.69) is 56.4 Å². The normalized spacial score (nSPS) is 12.6. The molecule has 2 aromatic rings. The Kier molecular flexibility index (Phi) is 5.02. The summed E-state index contributed by atoms with van der Waals surface area (Å²) in [4.78, 5) is 0. The summed E-state index contributed by atoms with van der Waals surface area (Å²) < 4.78 is 5.95. The minimum absolute atomic E-state index is 0.136. The van der Waals surface area contributed by atoms with Crippen molar-refractivity contribution in [2.75, 3.05) is 7.05 Å². The molecule has 0 aliphatic heterocycles. The molecule has 0 aliphatic rings. The number of rotatable bonds is 6. The topological polar surface area (TPSA) is 25.2 Å². The lowest BCUT2D eigenvalue weighted by atomic mass is 9.94. The van der Waals surface area contributed by atoms with Crippen molar-refractivity contribution in [2.24, 2.45) is 0 Å². The molecule has 1 aromatic heterocycles. The summed E-state index contributed by atoms with van der Waals surface area (Å²) >= 11 is 0. The summed E-state index contributed by atoms with van der Waals surface area (Å²) in [6.45, 7) is 6.52. The summed E-state index contributed by atoms with van der Waals surface area (Å²) in [6, 6.07) is 11.1. The van der Waals surface area contributed by atoms with E-state index in [-0.39, 0.29) is 6.04 Å². The van der Waals surface area contributed by atoms with Gasteiger partial charge in [0.05, 0.1) is 6.04 Å². The van der Waals surface area contributed by atoms with Gasteiger partial charge >= 0.3 is 0 Å². The maximum atomic E-state index is 5.95. The molecule has 0 bridgehead atoms. The van der Waals surface area contributed by atoms with Gasteiger partial charge in [0.2, 0.25) is 0 Å². The van der Waals surface area contributed by atoms with Gasteiger partial charge in [-0.1, -0.05) is 39.0 Å². The average molecular weight is 271 g/mol. The van der Waals surface area contributed by atoms with E-state index in [1.165, 1.54) is 16.7 Å². The molecule has 0 amide bonds. The van der Waals surface area contributed by atoms with E-state index in [0.717, 1.165) is 30.8 Å². The van der Waals surface area contributed by atoms with E-state index in [9.17, 15) is 0 Å². The molecule has 2 heteroatoms. The molecule has 108 valence electrons. The second-order valence-electron chi connectivity index (χ2n) is 5.12. The Morgan fingerprint density at radius 2 is 1.80 bits per heavy atom. The fourth-order valence-corrected chi connectivity index (χ4v) is 2.65. The lowest BCUT2D eigenvalue weighted by Crippen LogP contribution is -2.19. The van der Waals surface area contributed by atoms with E-state index in [4.69, 9.17) is 4.42 Å². The Balaban J connectivity index is 2.44. The average Bonchev–Trinajstić information content (AvgIpc) is 2.96. The van der Waals surface area contributed by atoms with Crippen molar-refractivity contribution in [1.82, 2.24) is 5.32 Å². The van der Waals surface area contributed by atoms with Crippen LogP contribution >= 0.6 is 0 Å². The molecule has 1 N–H and O–H groups in total. The minimum atomic E-state index is 0.136. The van der Waals surface area contributed by atoms with Crippen LogP contribution in [0.5, 0.6) is 0 Å². The molecular weight excluding hydrogens is 246 g/mol. The highest BCUT2D eigenvalue weighted by Gasteiger charge is 2.19. The lowest BCUT2D eigenvalue weighted by molar-refractivity contribution is 0.433. The standard InChI is InChI=1S/C18H25NO/c1-5-13-8-9-14(6-2)16(12-13)18(19-4)17-11-10-15(7-3)20-17/h8-12,18-19H,5-7H2,1-4H3. The third-order valence-electron chi connectivity index (χ3n) is 3.91. The largest absolute Gasteiger partial charge is 0.464 e. The summed E-state index contributed by atoms with van der Waals surface area (Å²) in [5.41, 5.74) is 4.10. The first-order valence-electron chi connectivity index (χ1n) is 7.60. The van der Waals surface area contributed by atoms with Crippen LogP contribution < -0.4 is 5.32 Å². The Bertz CT molecular complexity index is 556. The lowest BCUT2D eigenvalue weighted by Gasteiger charge is -2.19. The molecule has 0 radical (unpaired) electrons. The van der Waals surface area contributed by atoms with Crippen LogP contribution in [0.1, 0.15) is 55.0 Å². The van der Waals surface area contributed by atoms with Gasteiger partial charge in [-0.3, -0.25) is 0 Å². The van der Waals surface area contributed by atoms with Gasteiger partial charge in [0.1, 0.15) is 11.5 Å². The maximum Gasteiger partial charge on any atom is 0.125 e. The van der Waals surface area contributed by atoms with E-state index >= 15 is 0 Å². The first kappa shape index (κ1) is 14.9.